The Balaban J connectivity index is 2.14. The van der Waals surface area contributed by atoms with E-state index in [1.54, 1.807) is 12.1 Å². The van der Waals surface area contributed by atoms with Crippen molar-refractivity contribution in [2.45, 2.75) is 6.04 Å². The maximum Gasteiger partial charge on any atom is 0.295 e. The predicted molar refractivity (Wildman–Crippen MR) is 105 cm³/mol. The zero-order valence-electron chi connectivity index (χ0n) is 15.4. The fourth-order valence-electron chi connectivity index (χ4n) is 3.19. The molecule has 1 aliphatic heterocycles. The molecule has 1 heterocycles. The summed E-state index contributed by atoms with van der Waals surface area (Å²) in [6, 6.07) is 10.8. The largest absolute Gasteiger partial charge is 0.507 e. The molecule has 150 valence electrons. The number of nitrogens with zero attached hydrogens (tertiary/aromatic N) is 2. The highest BCUT2D eigenvalue weighted by Crippen LogP contribution is 2.39. The van der Waals surface area contributed by atoms with E-state index in [0.29, 0.717) is 16.1 Å². The zero-order valence-corrected chi connectivity index (χ0v) is 16.1. The summed E-state index contributed by atoms with van der Waals surface area (Å²) in [7, 11) is 1.46. The van der Waals surface area contributed by atoms with Crippen LogP contribution in [0.25, 0.3) is 5.76 Å². The first kappa shape index (κ1) is 20.5. The Morgan fingerprint density at radius 2 is 1.79 bits per heavy atom. The second kappa shape index (κ2) is 8.42. The Labute approximate surface area is 171 Å². The van der Waals surface area contributed by atoms with Crippen LogP contribution >= 0.6 is 11.6 Å². The first-order valence-electron chi connectivity index (χ1n) is 8.62. The van der Waals surface area contributed by atoms with Crippen LogP contribution in [0.2, 0.25) is 5.02 Å². The second-order valence-corrected chi connectivity index (χ2v) is 6.78. The minimum Gasteiger partial charge on any atom is -0.507 e. The van der Waals surface area contributed by atoms with E-state index in [1.807, 2.05) is 0 Å². The van der Waals surface area contributed by atoms with Crippen molar-refractivity contribution in [2.75, 3.05) is 20.3 Å². The first-order chi connectivity index (χ1) is 13.8. The molecule has 1 N–H and O–H groups in total. The van der Waals surface area contributed by atoms with Gasteiger partial charge in [-0.2, -0.15) is 0 Å². The van der Waals surface area contributed by atoms with Crippen LogP contribution in [-0.2, 0) is 14.3 Å². The van der Waals surface area contributed by atoms with Gasteiger partial charge in [0.1, 0.15) is 5.76 Å². The van der Waals surface area contributed by atoms with Crippen molar-refractivity contribution in [1.82, 2.24) is 4.90 Å². The summed E-state index contributed by atoms with van der Waals surface area (Å²) in [6.45, 7) is 0.289. The summed E-state index contributed by atoms with van der Waals surface area (Å²) < 4.78 is 5.03. The van der Waals surface area contributed by atoms with Crippen LogP contribution < -0.4 is 0 Å². The molecule has 0 radical (unpaired) electrons. The van der Waals surface area contributed by atoms with E-state index in [4.69, 9.17) is 16.3 Å². The van der Waals surface area contributed by atoms with Gasteiger partial charge in [-0.3, -0.25) is 19.7 Å². The number of ether oxygens (including phenoxy) is 1. The fourth-order valence-corrected chi connectivity index (χ4v) is 3.31. The molecule has 1 saturated heterocycles. The van der Waals surface area contributed by atoms with Crippen LogP contribution in [0.3, 0.4) is 0 Å². The minimum atomic E-state index is -0.901. The molecule has 1 fully saturated rings. The van der Waals surface area contributed by atoms with E-state index >= 15 is 0 Å². The molecule has 1 unspecified atom stereocenters. The number of amides is 1. The molecule has 1 atom stereocenters. The van der Waals surface area contributed by atoms with Crippen molar-refractivity contribution in [3.05, 3.63) is 80.4 Å². The van der Waals surface area contributed by atoms with Crippen molar-refractivity contribution in [3.8, 4) is 0 Å². The van der Waals surface area contributed by atoms with E-state index in [1.165, 1.54) is 48.4 Å². The lowest BCUT2D eigenvalue weighted by molar-refractivity contribution is -0.384. The lowest BCUT2D eigenvalue weighted by atomic mass is 9.95. The highest BCUT2D eigenvalue weighted by Gasteiger charge is 2.45. The number of hydrogen-bond donors (Lipinski definition) is 1. The van der Waals surface area contributed by atoms with Gasteiger partial charge in [-0.15, -0.1) is 0 Å². The van der Waals surface area contributed by atoms with Gasteiger partial charge >= 0.3 is 0 Å². The van der Waals surface area contributed by atoms with Gasteiger partial charge in [-0.25, -0.2) is 0 Å². The van der Waals surface area contributed by atoms with Crippen molar-refractivity contribution in [2.24, 2.45) is 0 Å². The first-order valence-corrected chi connectivity index (χ1v) is 9.00. The molecule has 29 heavy (non-hydrogen) atoms. The number of benzene rings is 2. The fraction of sp³-hybridized carbons (Fsp3) is 0.200. The van der Waals surface area contributed by atoms with Crippen LogP contribution in [0.15, 0.2) is 54.1 Å². The zero-order chi connectivity index (χ0) is 21.1. The summed E-state index contributed by atoms with van der Waals surface area (Å²) in [5, 5.41) is 22.2. The van der Waals surface area contributed by atoms with Gasteiger partial charge in [0.25, 0.3) is 17.4 Å². The van der Waals surface area contributed by atoms with Gasteiger partial charge in [0, 0.05) is 36.4 Å². The molecule has 0 bridgehead atoms. The van der Waals surface area contributed by atoms with Gasteiger partial charge < -0.3 is 14.7 Å². The van der Waals surface area contributed by atoms with Crippen LogP contribution in [0.1, 0.15) is 17.2 Å². The van der Waals surface area contributed by atoms with Crippen LogP contribution in [-0.4, -0.2) is 46.9 Å². The molecule has 0 saturated carbocycles. The number of likely N-dealkylation sites (tertiary alicyclic amines) is 1. The van der Waals surface area contributed by atoms with Crippen LogP contribution in [0.4, 0.5) is 5.69 Å². The molecule has 0 spiro atoms. The molecule has 3 rings (SSSR count). The maximum atomic E-state index is 12.7. The standard InChI is InChI=1S/C20H17ClN2O6/c1-29-11-10-22-17(12-4-8-15(9-5-12)23(27)28)16(19(25)20(22)26)18(24)13-2-6-14(21)7-3-13/h2-9,17,24H,10-11H2,1H3/b18-16+. The number of Topliss-reactive ketones (excluding diaryl/α,β-unsaturated/α-hetero) is 1. The summed E-state index contributed by atoms with van der Waals surface area (Å²) in [5.41, 5.74) is 0.565. The normalized spacial score (nSPS) is 18.3. The molecule has 9 heteroatoms. The van der Waals surface area contributed by atoms with Crippen molar-refractivity contribution in [3.63, 3.8) is 0 Å². The molecule has 2 aromatic rings. The molecule has 1 aliphatic rings. The number of ketones is 1. The Morgan fingerprint density at radius 3 is 2.34 bits per heavy atom. The van der Waals surface area contributed by atoms with Gasteiger partial charge in [0.05, 0.1) is 23.1 Å². The average Bonchev–Trinajstić information content (AvgIpc) is 2.97. The van der Waals surface area contributed by atoms with E-state index in [0.717, 1.165) is 0 Å². The number of rotatable bonds is 6. The number of non-ortho nitro benzene ring substituents is 1. The predicted octanol–water partition coefficient (Wildman–Crippen LogP) is 3.32. The monoisotopic (exact) mass is 416 g/mol. The lowest BCUT2D eigenvalue weighted by Crippen LogP contribution is -2.32. The molecular formula is C20H17ClN2O6. The van der Waals surface area contributed by atoms with E-state index in [-0.39, 0.29) is 30.2 Å². The SMILES string of the molecule is COCCN1C(=O)C(=O)/C(=C(/O)c2ccc(Cl)cc2)C1c1ccc([N+](=O)[O-])cc1. The number of nitro benzene ring substituents is 1. The minimum absolute atomic E-state index is 0.0951. The van der Waals surface area contributed by atoms with Gasteiger partial charge in [0.2, 0.25) is 0 Å². The van der Waals surface area contributed by atoms with Gasteiger partial charge in [-0.1, -0.05) is 11.6 Å². The topological polar surface area (TPSA) is 110 Å². The molecule has 2 aromatic carbocycles. The summed E-state index contributed by atoms with van der Waals surface area (Å²) in [6.07, 6.45) is 0. The molecule has 0 aliphatic carbocycles. The Kier molecular flexibility index (Phi) is 5.95. The number of halogens is 1. The number of hydrogen-bond acceptors (Lipinski definition) is 6. The van der Waals surface area contributed by atoms with Crippen molar-refractivity contribution in [1.29, 1.82) is 0 Å². The number of nitro groups is 1. The molecule has 0 aromatic heterocycles. The summed E-state index contributed by atoms with van der Waals surface area (Å²) in [4.78, 5) is 37.0. The number of aliphatic hydroxyl groups excluding tert-OH is 1. The molecule has 1 amide bonds. The second-order valence-electron chi connectivity index (χ2n) is 6.34. The van der Waals surface area contributed by atoms with Gasteiger partial charge in [0.15, 0.2) is 0 Å². The maximum absolute atomic E-state index is 12.7. The third kappa shape index (κ3) is 3.98. The van der Waals surface area contributed by atoms with Crippen LogP contribution in [0, 0.1) is 10.1 Å². The van der Waals surface area contributed by atoms with Crippen LogP contribution in [0.5, 0.6) is 0 Å². The summed E-state index contributed by atoms with van der Waals surface area (Å²) in [5.74, 6) is -1.96. The third-order valence-electron chi connectivity index (χ3n) is 4.61. The van der Waals surface area contributed by atoms with E-state index in [2.05, 4.69) is 0 Å². The molecular weight excluding hydrogens is 400 g/mol. The number of carbonyl (C=O) groups is 2. The summed E-state index contributed by atoms with van der Waals surface area (Å²) >= 11 is 5.88. The van der Waals surface area contributed by atoms with Crippen molar-refractivity contribution >= 4 is 34.7 Å². The van der Waals surface area contributed by atoms with Crippen molar-refractivity contribution < 1.29 is 24.4 Å². The van der Waals surface area contributed by atoms with E-state index in [9.17, 15) is 24.8 Å². The van der Waals surface area contributed by atoms with E-state index < -0.39 is 22.7 Å². The number of aliphatic hydroxyl groups is 1. The smallest absolute Gasteiger partial charge is 0.295 e. The highest BCUT2D eigenvalue weighted by atomic mass is 35.5. The Morgan fingerprint density at radius 1 is 1.17 bits per heavy atom. The quantitative estimate of drug-likeness (QED) is 0.254. The lowest BCUT2D eigenvalue weighted by Gasteiger charge is -2.25. The average molecular weight is 417 g/mol. The number of methoxy groups -OCH3 is 1. The third-order valence-corrected chi connectivity index (χ3v) is 4.87. The van der Waals surface area contributed by atoms with Gasteiger partial charge in [-0.05, 0) is 42.0 Å². The Bertz CT molecular complexity index is 985. The Hall–Kier alpha value is -3.23. The molecule has 8 nitrogen and oxygen atoms in total. The highest BCUT2D eigenvalue weighted by molar-refractivity contribution is 6.46. The number of carbonyl (C=O) groups excluding carboxylic acids is 2.